The molecule has 2 aromatic rings. The minimum absolute atomic E-state index is 0.183. The molecule has 0 saturated carbocycles. The van der Waals surface area contributed by atoms with Gasteiger partial charge in [-0.2, -0.15) is 5.10 Å². The Bertz CT molecular complexity index is 633. The second kappa shape index (κ2) is 5.83. The molecule has 8 heteroatoms. The van der Waals surface area contributed by atoms with Gasteiger partial charge in [-0.1, -0.05) is 0 Å². The zero-order chi connectivity index (χ0) is 14.7. The van der Waals surface area contributed by atoms with E-state index in [9.17, 15) is 9.90 Å². The number of H-pyrrole nitrogens is 1. The van der Waals surface area contributed by atoms with Crippen LogP contribution in [0.4, 0.5) is 5.82 Å². The molecule has 20 heavy (non-hydrogen) atoms. The SMILES string of the molecule is CCn1ccnc(NC(C)c2nc(C(C)O)n[nH]2)c1=O. The summed E-state index contributed by atoms with van der Waals surface area (Å²) in [6.07, 6.45) is 2.47. The monoisotopic (exact) mass is 278 g/mol. The van der Waals surface area contributed by atoms with E-state index in [1.54, 1.807) is 23.9 Å². The van der Waals surface area contributed by atoms with Crippen molar-refractivity contribution in [2.45, 2.75) is 39.5 Å². The number of hydrogen-bond donors (Lipinski definition) is 3. The fraction of sp³-hybridized carbons (Fsp3) is 0.500. The molecule has 8 nitrogen and oxygen atoms in total. The zero-order valence-electron chi connectivity index (χ0n) is 11.7. The molecule has 2 aromatic heterocycles. The fourth-order valence-electron chi connectivity index (χ4n) is 1.74. The van der Waals surface area contributed by atoms with E-state index in [-0.39, 0.29) is 17.4 Å². The summed E-state index contributed by atoms with van der Waals surface area (Å²) in [5, 5.41) is 19.0. The lowest BCUT2D eigenvalue weighted by Crippen LogP contribution is -2.25. The van der Waals surface area contributed by atoms with Crippen LogP contribution < -0.4 is 10.9 Å². The van der Waals surface area contributed by atoms with Crippen molar-refractivity contribution in [1.29, 1.82) is 0 Å². The molecule has 0 aliphatic rings. The summed E-state index contributed by atoms with van der Waals surface area (Å²) in [7, 11) is 0. The number of rotatable bonds is 5. The van der Waals surface area contributed by atoms with E-state index in [0.717, 1.165) is 0 Å². The molecule has 2 heterocycles. The average molecular weight is 278 g/mol. The Hall–Kier alpha value is -2.22. The standard InChI is InChI=1S/C12H18N6O2/c1-4-18-6-5-13-11(12(18)20)14-7(2)9-15-10(8(3)19)17-16-9/h5-8,19H,4H2,1-3H3,(H,13,14)(H,15,16,17). The molecule has 108 valence electrons. The maximum Gasteiger partial charge on any atom is 0.293 e. The van der Waals surface area contributed by atoms with Crippen LogP contribution >= 0.6 is 0 Å². The molecule has 0 bridgehead atoms. The molecule has 0 spiro atoms. The van der Waals surface area contributed by atoms with Gasteiger partial charge in [-0.3, -0.25) is 9.89 Å². The van der Waals surface area contributed by atoms with E-state index < -0.39 is 6.10 Å². The van der Waals surface area contributed by atoms with Crippen molar-refractivity contribution in [3.8, 4) is 0 Å². The molecular formula is C12H18N6O2. The maximum atomic E-state index is 12.0. The van der Waals surface area contributed by atoms with E-state index in [4.69, 9.17) is 0 Å². The van der Waals surface area contributed by atoms with Gasteiger partial charge < -0.3 is 15.0 Å². The molecule has 0 fully saturated rings. The fourth-order valence-corrected chi connectivity index (χ4v) is 1.74. The normalized spacial score (nSPS) is 14.0. The number of anilines is 1. The highest BCUT2D eigenvalue weighted by Crippen LogP contribution is 2.13. The van der Waals surface area contributed by atoms with Crippen LogP contribution in [0.25, 0.3) is 0 Å². The van der Waals surface area contributed by atoms with Crippen molar-refractivity contribution in [2.75, 3.05) is 5.32 Å². The summed E-state index contributed by atoms with van der Waals surface area (Å²) < 4.78 is 1.56. The third kappa shape index (κ3) is 2.85. The van der Waals surface area contributed by atoms with Gasteiger partial charge in [0.2, 0.25) is 0 Å². The van der Waals surface area contributed by atoms with Gasteiger partial charge in [-0.25, -0.2) is 9.97 Å². The number of aliphatic hydroxyl groups excluding tert-OH is 1. The average Bonchev–Trinajstić information content (AvgIpc) is 2.91. The molecule has 0 amide bonds. The van der Waals surface area contributed by atoms with E-state index in [2.05, 4.69) is 25.5 Å². The highest BCUT2D eigenvalue weighted by molar-refractivity contribution is 5.33. The Labute approximate surface area is 115 Å². The first-order valence-corrected chi connectivity index (χ1v) is 6.45. The van der Waals surface area contributed by atoms with Crippen LogP contribution in [-0.2, 0) is 6.54 Å². The molecule has 0 radical (unpaired) electrons. The highest BCUT2D eigenvalue weighted by Gasteiger charge is 2.15. The van der Waals surface area contributed by atoms with Crippen LogP contribution in [0.15, 0.2) is 17.2 Å². The number of nitrogens with one attached hydrogen (secondary N) is 2. The Kier molecular flexibility index (Phi) is 4.14. The number of aliphatic hydroxyl groups is 1. The first kappa shape index (κ1) is 14.2. The highest BCUT2D eigenvalue weighted by atomic mass is 16.3. The smallest absolute Gasteiger partial charge is 0.293 e. The van der Waals surface area contributed by atoms with Crippen molar-refractivity contribution in [3.05, 3.63) is 34.4 Å². The molecule has 0 aliphatic carbocycles. The molecule has 2 unspecified atom stereocenters. The lowest BCUT2D eigenvalue weighted by atomic mass is 10.3. The summed E-state index contributed by atoms with van der Waals surface area (Å²) in [6.45, 7) is 5.89. The van der Waals surface area contributed by atoms with Gasteiger partial charge in [0, 0.05) is 18.9 Å². The maximum absolute atomic E-state index is 12.0. The number of aromatic amines is 1. The molecular weight excluding hydrogens is 260 g/mol. The molecule has 0 aliphatic heterocycles. The second-order valence-electron chi connectivity index (χ2n) is 4.49. The van der Waals surface area contributed by atoms with Crippen molar-refractivity contribution in [2.24, 2.45) is 0 Å². The van der Waals surface area contributed by atoms with E-state index in [0.29, 0.717) is 18.2 Å². The number of aromatic nitrogens is 5. The Morgan fingerprint density at radius 3 is 2.85 bits per heavy atom. The lowest BCUT2D eigenvalue weighted by Gasteiger charge is -2.12. The first-order valence-electron chi connectivity index (χ1n) is 6.45. The van der Waals surface area contributed by atoms with Gasteiger partial charge in [0.05, 0.1) is 6.04 Å². The van der Waals surface area contributed by atoms with Crippen LogP contribution in [0.5, 0.6) is 0 Å². The second-order valence-corrected chi connectivity index (χ2v) is 4.49. The summed E-state index contributed by atoms with van der Waals surface area (Å²) in [4.78, 5) is 20.2. The Morgan fingerprint density at radius 2 is 2.25 bits per heavy atom. The third-order valence-corrected chi connectivity index (χ3v) is 2.91. The molecule has 0 saturated heterocycles. The predicted octanol–water partition coefficient (Wildman–Crippen LogP) is 0.608. The predicted molar refractivity (Wildman–Crippen MR) is 73.2 cm³/mol. The minimum atomic E-state index is -0.737. The van der Waals surface area contributed by atoms with Crippen LogP contribution in [0.2, 0.25) is 0 Å². The Balaban J connectivity index is 2.19. The number of nitrogens with zero attached hydrogens (tertiary/aromatic N) is 4. The van der Waals surface area contributed by atoms with Crippen molar-refractivity contribution >= 4 is 5.82 Å². The minimum Gasteiger partial charge on any atom is -0.385 e. The quantitative estimate of drug-likeness (QED) is 0.739. The molecule has 0 aromatic carbocycles. The van der Waals surface area contributed by atoms with Crippen LogP contribution in [0.3, 0.4) is 0 Å². The van der Waals surface area contributed by atoms with Crippen molar-refractivity contribution < 1.29 is 5.11 Å². The van der Waals surface area contributed by atoms with Gasteiger partial charge in [0.15, 0.2) is 11.6 Å². The molecule has 2 atom stereocenters. The van der Waals surface area contributed by atoms with Gasteiger partial charge in [0.1, 0.15) is 11.9 Å². The lowest BCUT2D eigenvalue weighted by molar-refractivity contribution is 0.189. The summed E-state index contributed by atoms with van der Waals surface area (Å²) >= 11 is 0. The summed E-state index contributed by atoms with van der Waals surface area (Å²) in [5.41, 5.74) is -0.183. The zero-order valence-corrected chi connectivity index (χ0v) is 11.7. The van der Waals surface area contributed by atoms with Crippen molar-refractivity contribution in [1.82, 2.24) is 24.7 Å². The number of hydrogen-bond acceptors (Lipinski definition) is 6. The topological polar surface area (TPSA) is 109 Å². The van der Waals surface area contributed by atoms with Gasteiger partial charge in [0.25, 0.3) is 5.56 Å². The van der Waals surface area contributed by atoms with Crippen LogP contribution in [-0.4, -0.2) is 29.8 Å². The number of aryl methyl sites for hydroxylation is 1. The van der Waals surface area contributed by atoms with Gasteiger partial charge in [-0.05, 0) is 20.8 Å². The molecule has 3 N–H and O–H groups in total. The van der Waals surface area contributed by atoms with Gasteiger partial charge >= 0.3 is 0 Å². The van der Waals surface area contributed by atoms with Gasteiger partial charge in [-0.15, -0.1) is 0 Å². The molecule has 2 rings (SSSR count). The summed E-state index contributed by atoms with van der Waals surface area (Å²) in [6, 6.07) is -0.275. The van der Waals surface area contributed by atoms with Crippen LogP contribution in [0, 0.1) is 0 Å². The van der Waals surface area contributed by atoms with E-state index in [1.165, 1.54) is 0 Å². The van der Waals surface area contributed by atoms with Crippen LogP contribution in [0.1, 0.15) is 44.6 Å². The van der Waals surface area contributed by atoms with E-state index >= 15 is 0 Å². The first-order chi connectivity index (χ1) is 9.52. The Morgan fingerprint density at radius 1 is 1.50 bits per heavy atom. The third-order valence-electron chi connectivity index (χ3n) is 2.91. The van der Waals surface area contributed by atoms with Crippen molar-refractivity contribution in [3.63, 3.8) is 0 Å². The summed E-state index contributed by atoms with van der Waals surface area (Å²) in [5.74, 6) is 1.12. The largest absolute Gasteiger partial charge is 0.385 e. The van der Waals surface area contributed by atoms with E-state index in [1.807, 2.05) is 13.8 Å².